The molecule has 0 aliphatic carbocycles. The second-order valence-electron chi connectivity index (χ2n) is 6.49. The highest BCUT2D eigenvalue weighted by Gasteiger charge is 2.36. The van der Waals surface area contributed by atoms with Gasteiger partial charge in [0.25, 0.3) is 0 Å². The third kappa shape index (κ3) is 3.62. The fraction of sp³-hybridized carbons (Fsp3) is 0.667. The van der Waals surface area contributed by atoms with E-state index in [2.05, 4.69) is 68.6 Å². The van der Waals surface area contributed by atoms with Crippen LogP contribution in [0.2, 0.25) is 0 Å². The van der Waals surface area contributed by atoms with Crippen LogP contribution in [0.4, 0.5) is 0 Å². The van der Waals surface area contributed by atoms with Crippen molar-refractivity contribution in [1.82, 2.24) is 9.88 Å². The van der Waals surface area contributed by atoms with E-state index in [0.29, 0.717) is 0 Å². The molecule has 2 unspecified atom stereocenters. The van der Waals surface area contributed by atoms with E-state index in [0.717, 1.165) is 27.6 Å². The van der Waals surface area contributed by atoms with Crippen molar-refractivity contribution < 1.29 is 0 Å². The molecule has 112 valence electrons. The SMILES string of the molecule is CC(C)(C)N1CCCCC(N)C1c1ncc(Br)cc1Br. The molecule has 1 aromatic heterocycles. The number of aromatic nitrogens is 1. The van der Waals surface area contributed by atoms with E-state index in [1.54, 1.807) is 0 Å². The van der Waals surface area contributed by atoms with Gasteiger partial charge in [0, 0.05) is 26.7 Å². The maximum atomic E-state index is 6.49. The average molecular weight is 405 g/mol. The molecule has 0 radical (unpaired) electrons. The van der Waals surface area contributed by atoms with Gasteiger partial charge in [-0.05, 0) is 78.1 Å². The minimum absolute atomic E-state index is 0.0841. The highest BCUT2D eigenvalue weighted by Crippen LogP contribution is 2.37. The predicted molar refractivity (Wildman–Crippen MR) is 90.7 cm³/mol. The van der Waals surface area contributed by atoms with Gasteiger partial charge in [-0.1, -0.05) is 6.42 Å². The number of nitrogens with zero attached hydrogens (tertiary/aromatic N) is 2. The lowest BCUT2D eigenvalue weighted by atomic mass is 9.95. The number of hydrogen-bond donors (Lipinski definition) is 1. The Balaban J connectivity index is 2.45. The average Bonchev–Trinajstić information content (AvgIpc) is 2.51. The Bertz CT molecular complexity index is 471. The topological polar surface area (TPSA) is 42.1 Å². The number of hydrogen-bond acceptors (Lipinski definition) is 3. The number of pyridine rings is 1. The van der Waals surface area contributed by atoms with Crippen molar-refractivity contribution >= 4 is 31.9 Å². The summed E-state index contributed by atoms with van der Waals surface area (Å²) in [7, 11) is 0. The quantitative estimate of drug-likeness (QED) is 0.760. The van der Waals surface area contributed by atoms with Crippen molar-refractivity contribution in [3.8, 4) is 0 Å². The van der Waals surface area contributed by atoms with Crippen LogP contribution in [0.15, 0.2) is 21.2 Å². The molecule has 2 rings (SSSR count). The predicted octanol–water partition coefficient (Wildman–Crippen LogP) is 4.26. The molecule has 0 bridgehead atoms. The van der Waals surface area contributed by atoms with Crippen molar-refractivity contribution in [2.24, 2.45) is 5.73 Å². The minimum Gasteiger partial charge on any atom is -0.326 e. The zero-order valence-corrected chi connectivity index (χ0v) is 15.5. The van der Waals surface area contributed by atoms with E-state index >= 15 is 0 Å². The molecule has 0 spiro atoms. The summed E-state index contributed by atoms with van der Waals surface area (Å²) < 4.78 is 2.01. The second-order valence-corrected chi connectivity index (χ2v) is 8.26. The van der Waals surface area contributed by atoms with Crippen LogP contribution in [-0.4, -0.2) is 28.0 Å². The molecule has 1 aromatic rings. The van der Waals surface area contributed by atoms with Gasteiger partial charge in [-0.3, -0.25) is 9.88 Å². The molecule has 2 heterocycles. The van der Waals surface area contributed by atoms with Gasteiger partial charge < -0.3 is 5.73 Å². The molecule has 0 saturated carbocycles. The van der Waals surface area contributed by atoms with Crippen LogP contribution in [0.3, 0.4) is 0 Å². The van der Waals surface area contributed by atoms with Crippen LogP contribution in [0.5, 0.6) is 0 Å². The third-order valence-corrected chi connectivity index (χ3v) is 4.97. The lowest BCUT2D eigenvalue weighted by molar-refractivity contribution is 0.0728. The Morgan fingerprint density at radius 1 is 1.30 bits per heavy atom. The van der Waals surface area contributed by atoms with Crippen molar-refractivity contribution in [3.63, 3.8) is 0 Å². The van der Waals surface area contributed by atoms with E-state index in [4.69, 9.17) is 5.73 Å². The normalized spacial score (nSPS) is 25.5. The fourth-order valence-electron chi connectivity index (χ4n) is 2.94. The monoisotopic (exact) mass is 403 g/mol. The van der Waals surface area contributed by atoms with Crippen molar-refractivity contribution in [2.45, 2.75) is 57.7 Å². The van der Waals surface area contributed by atoms with Gasteiger partial charge in [0.1, 0.15) is 0 Å². The highest BCUT2D eigenvalue weighted by molar-refractivity contribution is 9.11. The number of rotatable bonds is 1. The lowest BCUT2D eigenvalue weighted by Crippen LogP contribution is -2.49. The molecular formula is C15H23Br2N3. The third-order valence-electron chi connectivity index (χ3n) is 3.91. The first-order valence-electron chi connectivity index (χ1n) is 7.14. The summed E-state index contributed by atoms with van der Waals surface area (Å²) in [6.45, 7) is 7.84. The fourth-order valence-corrected chi connectivity index (χ4v) is 4.16. The van der Waals surface area contributed by atoms with Crippen LogP contribution in [0, 0.1) is 0 Å². The van der Waals surface area contributed by atoms with Crippen molar-refractivity contribution in [1.29, 1.82) is 0 Å². The molecule has 1 aliphatic rings. The summed E-state index contributed by atoms with van der Waals surface area (Å²) >= 11 is 7.12. The molecule has 5 heteroatoms. The first-order valence-corrected chi connectivity index (χ1v) is 8.72. The molecule has 2 N–H and O–H groups in total. The van der Waals surface area contributed by atoms with Crippen LogP contribution >= 0.6 is 31.9 Å². The zero-order chi connectivity index (χ0) is 14.9. The van der Waals surface area contributed by atoms with Gasteiger partial charge in [-0.25, -0.2) is 0 Å². The number of nitrogens with two attached hydrogens (primary N) is 1. The first-order chi connectivity index (χ1) is 9.30. The molecule has 2 atom stereocenters. The Morgan fingerprint density at radius 3 is 2.60 bits per heavy atom. The Hall–Kier alpha value is 0.0300. The Morgan fingerprint density at radius 2 is 2.00 bits per heavy atom. The summed E-state index contributed by atoms with van der Waals surface area (Å²) in [5.74, 6) is 0. The lowest BCUT2D eigenvalue weighted by Gasteiger charge is -2.42. The molecule has 1 aliphatic heterocycles. The molecule has 0 amide bonds. The van der Waals surface area contributed by atoms with Gasteiger partial charge in [0.2, 0.25) is 0 Å². The first kappa shape index (κ1) is 16.4. The molecule has 0 aromatic carbocycles. The molecular weight excluding hydrogens is 382 g/mol. The van der Waals surface area contributed by atoms with Gasteiger partial charge in [0.15, 0.2) is 0 Å². The van der Waals surface area contributed by atoms with E-state index in [9.17, 15) is 0 Å². The van der Waals surface area contributed by atoms with Crippen LogP contribution in [0.1, 0.15) is 51.8 Å². The number of likely N-dealkylation sites (tertiary alicyclic amines) is 1. The molecule has 20 heavy (non-hydrogen) atoms. The van der Waals surface area contributed by atoms with E-state index < -0.39 is 0 Å². The van der Waals surface area contributed by atoms with E-state index in [1.165, 1.54) is 12.8 Å². The standard InChI is InChI=1S/C15H23Br2N3/c1-15(2,3)20-7-5-4-6-12(18)14(20)13-11(17)8-10(16)9-19-13/h8-9,12,14H,4-7,18H2,1-3H3. The maximum absolute atomic E-state index is 6.49. The van der Waals surface area contributed by atoms with Crippen LogP contribution in [-0.2, 0) is 0 Å². The van der Waals surface area contributed by atoms with Gasteiger partial charge in [-0.15, -0.1) is 0 Å². The van der Waals surface area contributed by atoms with Gasteiger partial charge in [-0.2, -0.15) is 0 Å². The van der Waals surface area contributed by atoms with Gasteiger partial charge in [0.05, 0.1) is 11.7 Å². The van der Waals surface area contributed by atoms with Crippen molar-refractivity contribution in [2.75, 3.05) is 6.54 Å². The van der Waals surface area contributed by atoms with Gasteiger partial charge >= 0.3 is 0 Å². The summed E-state index contributed by atoms with van der Waals surface area (Å²) in [6.07, 6.45) is 5.31. The van der Waals surface area contributed by atoms with E-state index in [-0.39, 0.29) is 17.6 Å². The van der Waals surface area contributed by atoms with Crippen LogP contribution < -0.4 is 5.73 Å². The maximum Gasteiger partial charge on any atom is 0.0733 e. The van der Waals surface area contributed by atoms with Crippen LogP contribution in [0.25, 0.3) is 0 Å². The van der Waals surface area contributed by atoms with E-state index in [1.807, 2.05) is 6.20 Å². The number of halogens is 2. The second kappa shape index (κ2) is 6.42. The molecule has 1 fully saturated rings. The minimum atomic E-state index is 0.0841. The van der Waals surface area contributed by atoms with Crippen molar-refractivity contribution in [3.05, 3.63) is 26.9 Å². The highest BCUT2D eigenvalue weighted by atomic mass is 79.9. The summed E-state index contributed by atoms with van der Waals surface area (Å²) in [4.78, 5) is 7.15. The summed E-state index contributed by atoms with van der Waals surface area (Å²) in [5, 5.41) is 0. The largest absolute Gasteiger partial charge is 0.326 e. The smallest absolute Gasteiger partial charge is 0.0733 e. The molecule has 1 saturated heterocycles. The zero-order valence-electron chi connectivity index (χ0n) is 12.4. The summed E-state index contributed by atoms with van der Waals surface area (Å²) in [5.41, 5.74) is 7.63. The molecule has 3 nitrogen and oxygen atoms in total. The Kier molecular flexibility index (Phi) is 5.27. The summed E-state index contributed by atoms with van der Waals surface area (Å²) in [6, 6.07) is 2.35. The Labute approximate surface area is 138 Å².